The monoisotopic (exact) mass is 457 g/mol. The van der Waals surface area contributed by atoms with Gasteiger partial charge in [0.25, 0.3) is 0 Å². The van der Waals surface area contributed by atoms with Crippen LogP contribution < -0.4 is 4.74 Å². The molecular weight excluding hydrogens is 434 g/mol. The summed E-state index contributed by atoms with van der Waals surface area (Å²) in [4.78, 5) is 5.92. The Bertz CT molecular complexity index is 1270. The molecule has 0 saturated carbocycles. The van der Waals surface area contributed by atoms with Gasteiger partial charge in [0.2, 0.25) is 0 Å². The minimum absolute atomic E-state index is 0.464. The number of thiazole rings is 1. The number of thiophene rings is 1. The number of benzene rings is 2. The molecule has 0 spiro atoms. The zero-order chi connectivity index (χ0) is 21.8. The molecule has 0 saturated heterocycles. The molecule has 32 heavy (non-hydrogen) atoms. The van der Waals surface area contributed by atoms with Crippen LogP contribution in [-0.4, -0.2) is 14.8 Å². The highest BCUT2D eigenvalue weighted by Crippen LogP contribution is 2.27. The van der Waals surface area contributed by atoms with Gasteiger partial charge in [-0.1, -0.05) is 55.5 Å². The smallest absolute Gasteiger partial charge is 0.131 e. The van der Waals surface area contributed by atoms with Gasteiger partial charge in [-0.15, -0.1) is 22.7 Å². The second-order valence-electron chi connectivity index (χ2n) is 7.47. The fourth-order valence-corrected chi connectivity index (χ4v) is 5.10. The largest absolute Gasteiger partial charge is 0.487 e. The molecule has 0 fully saturated rings. The van der Waals surface area contributed by atoms with Gasteiger partial charge in [0.15, 0.2) is 0 Å². The summed E-state index contributed by atoms with van der Waals surface area (Å²) in [6, 6.07) is 22.7. The van der Waals surface area contributed by atoms with Crippen molar-refractivity contribution in [2.24, 2.45) is 0 Å². The second-order valence-corrected chi connectivity index (χ2v) is 9.28. The summed E-state index contributed by atoms with van der Waals surface area (Å²) >= 11 is 3.38. The van der Waals surface area contributed by atoms with E-state index >= 15 is 0 Å². The van der Waals surface area contributed by atoms with Gasteiger partial charge in [0.1, 0.15) is 23.1 Å². The van der Waals surface area contributed by atoms with Gasteiger partial charge in [-0.3, -0.25) is 4.68 Å². The van der Waals surface area contributed by atoms with E-state index in [9.17, 15) is 0 Å². The summed E-state index contributed by atoms with van der Waals surface area (Å²) in [6.07, 6.45) is 3.13. The second kappa shape index (κ2) is 9.51. The standard InChI is InChI=1S/C26H23N3OS2/c1-2-20-16-29(28-25(20)24-9-6-14-31-24)15-19-10-12-23(13-11-19)30-17-22-18-32-26(27-22)21-7-4-3-5-8-21/h3-14,16,18H,2,15,17H2,1H3. The molecule has 0 amide bonds. The number of nitrogens with zero attached hydrogens (tertiary/aromatic N) is 3. The fraction of sp³-hybridized carbons (Fsp3) is 0.154. The van der Waals surface area contributed by atoms with Gasteiger partial charge in [-0.25, -0.2) is 4.98 Å². The normalized spacial score (nSPS) is 11.0. The number of hydrogen-bond acceptors (Lipinski definition) is 5. The predicted molar refractivity (Wildman–Crippen MR) is 132 cm³/mol. The van der Waals surface area contributed by atoms with Gasteiger partial charge < -0.3 is 4.74 Å². The lowest BCUT2D eigenvalue weighted by Crippen LogP contribution is -2.01. The lowest BCUT2D eigenvalue weighted by molar-refractivity contribution is 0.302. The van der Waals surface area contributed by atoms with Crippen molar-refractivity contribution in [3.63, 3.8) is 0 Å². The molecule has 2 aromatic carbocycles. The minimum Gasteiger partial charge on any atom is -0.487 e. The fourth-order valence-electron chi connectivity index (χ4n) is 3.55. The molecule has 0 atom stereocenters. The van der Waals surface area contributed by atoms with E-state index in [0.29, 0.717) is 6.61 Å². The van der Waals surface area contributed by atoms with Crippen molar-refractivity contribution in [1.29, 1.82) is 0 Å². The molecule has 160 valence electrons. The first kappa shape index (κ1) is 20.7. The number of ether oxygens (including phenoxy) is 1. The van der Waals surface area contributed by atoms with E-state index in [-0.39, 0.29) is 0 Å². The highest BCUT2D eigenvalue weighted by Gasteiger charge is 2.11. The van der Waals surface area contributed by atoms with Crippen molar-refractivity contribution < 1.29 is 4.74 Å². The molecule has 3 heterocycles. The van der Waals surface area contributed by atoms with E-state index in [0.717, 1.165) is 40.7 Å². The first-order valence-corrected chi connectivity index (χ1v) is 12.4. The molecule has 5 aromatic rings. The Morgan fingerprint density at radius 2 is 1.78 bits per heavy atom. The van der Waals surface area contributed by atoms with Gasteiger partial charge in [0, 0.05) is 17.1 Å². The molecule has 4 nitrogen and oxygen atoms in total. The van der Waals surface area contributed by atoms with Crippen LogP contribution in [-0.2, 0) is 19.6 Å². The van der Waals surface area contributed by atoms with Crippen LogP contribution in [0.3, 0.4) is 0 Å². The molecule has 0 unspecified atom stereocenters. The Balaban J connectivity index is 1.21. The third kappa shape index (κ3) is 4.66. The summed E-state index contributed by atoms with van der Waals surface area (Å²) in [5, 5.41) is 10.0. The van der Waals surface area contributed by atoms with Crippen LogP contribution in [0.2, 0.25) is 0 Å². The molecule has 0 N–H and O–H groups in total. The molecule has 0 bridgehead atoms. The molecular formula is C26H23N3OS2. The maximum Gasteiger partial charge on any atom is 0.131 e. The molecule has 0 aliphatic carbocycles. The highest BCUT2D eigenvalue weighted by atomic mass is 32.1. The molecule has 0 aliphatic rings. The molecule has 3 aromatic heterocycles. The third-order valence-electron chi connectivity index (χ3n) is 5.20. The van der Waals surface area contributed by atoms with Gasteiger partial charge >= 0.3 is 0 Å². The van der Waals surface area contributed by atoms with E-state index in [1.165, 1.54) is 16.0 Å². The first-order chi connectivity index (χ1) is 15.8. The summed E-state index contributed by atoms with van der Waals surface area (Å²) in [7, 11) is 0. The number of rotatable bonds is 8. The van der Waals surface area contributed by atoms with Crippen LogP contribution in [0.5, 0.6) is 5.75 Å². The van der Waals surface area contributed by atoms with Crippen LogP contribution in [0.1, 0.15) is 23.7 Å². The van der Waals surface area contributed by atoms with Gasteiger partial charge in [0.05, 0.1) is 17.1 Å². The summed E-state index contributed by atoms with van der Waals surface area (Å²) in [6.45, 7) is 3.38. The molecule has 0 aliphatic heterocycles. The van der Waals surface area contributed by atoms with E-state index in [1.54, 1.807) is 22.7 Å². The van der Waals surface area contributed by atoms with Crippen LogP contribution in [0.25, 0.3) is 21.1 Å². The Kier molecular flexibility index (Phi) is 6.14. The SMILES string of the molecule is CCc1cn(Cc2ccc(OCc3csc(-c4ccccc4)n3)cc2)nc1-c1cccs1. The Morgan fingerprint density at radius 3 is 2.53 bits per heavy atom. The Morgan fingerprint density at radius 1 is 0.938 bits per heavy atom. The lowest BCUT2D eigenvalue weighted by Gasteiger charge is -2.06. The van der Waals surface area contributed by atoms with Crippen molar-refractivity contribution >= 4 is 22.7 Å². The zero-order valence-corrected chi connectivity index (χ0v) is 19.4. The van der Waals surface area contributed by atoms with Crippen LogP contribution in [0.15, 0.2) is 83.7 Å². The van der Waals surface area contributed by atoms with Crippen molar-refractivity contribution in [3.05, 3.63) is 101 Å². The number of hydrogen-bond donors (Lipinski definition) is 0. The number of aromatic nitrogens is 3. The Hall–Kier alpha value is -3.22. The van der Waals surface area contributed by atoms with Crippen molar-refractivity contribution in [2.45, 2.75) is 26.5 Å². The lowest BCUT2D eigenvalue weighted by atomic mass is 10.2. The molecule has 6 heteroatoms. The van der Waals surface area contributed by atoms with Crippen molar-refractivity contribution in [3.8, 4) is 26.9 Å². The van der Waals surface area contributed by atoms with E-state index in [4.69, 9.17) is 14.8 Å². The van der Waals surface area contributed by atoms with Crippen molar-refractivity contribution in [2.75, 3.05) is 0 Å². The van der Waals surface area contributed by atoms with Gasteiger partial charge in [-0.2, -0.15) is 5.10 Å². The maximum atomic E-state index is 5.96. The third-order valence-corrected chi connectivity index (χ3v) is 7.02. The van der Waals surface area contributed by atoms with Crippen molar-refractivity contribution in [1.82, 2.24) is 14.8 Å². The average molecular weight is 458 g/mol. The molecule has 5 rings (SSSR count). The maximum absolute atomic E-state index is 5.96. The molecule has 0 radical (unpaired) electrons. The summed E-state index contributed by atoms with van der Waals surface area (Å²) in [5.41, 5.74) is 5.66. The van der Waals surface area contributed by atoms with Gasteiger partial charge in [-0.05, 0) is 41.1 Å². The Labute approximate surface area is 195 Å². The van der Waals surface area contributed by atoms with Crippen LogP contribution in [0, 0.1) is 0 Å². The van der Waals surface area contributed by atoms with E-state index in [2.05, 4.69) is 60.3 Å². The van der Waals surface area contributed by atoms with Crippen LogP contribution >= 0.6 is 22.7 Å². The number of aryl methyl sites for hydroxylation is 1. The topological polar surface area (TPSA) is 39.9 Å². The predicted octanol–water partition coefficient (Wildman–Crippen LogP) is 6.92. The van der Waals surface area contributed by atoms with Crippen LogP contribution in [0.4, 0.5) is 0 Å². The highest BCUT2D eigenvalue weighted by molar-refractivity contribution is 7.13. The minimum atomic E-state index is 0.464. The quantitative estimate of drug-likeness (QED) is 0.254. The summed E-state index contributed by atoms with van der Waals surface area (Å²) < 4.78 is 7.99. The zero-order valence-electron chi connectivity index (χ0n) is 17.8. The summed E-state index contributed by atoms with van der Waals surface area (Å²) in [5.74, 6) is 0.844. The first-order valence-electron chi connectivity index (χ1n) is 10.6. The average Bonchev–Trinajstić information content (AvgIpc) is 3.60. The van der Waals surface area contributed by atoms with E-state index < -0.39 is 0 Å². The van der Waals surface area contributed by atoms with E-state index in [1.807, 2.05) is 35.0 Å².